The standard InChI is InChI=1S/C16H22N2O4/c1-2-13-10-17(5-7-22-13)16(20)12-8-15(19)18(9-12)11-14-4-3-6-21-14/h3-4,6,12-13H,2,5,7-11H2,1H3/t12-,13+/m0/s1. The molecule has 0 spiro atoms. The molecule has 3 rings (SSSR count). The molecule has 0 bridgehead atoms. The van der Waals surface area contributed by atoms with Crippen LogP contribution in [0, 0.1) is 5.92 Å². The fourth-order valence-electron chi connectivity index (χ4n) is 3.11. The average Bonchev–Trinajstić information content (AvgIpc) is 3.17. The van der Waals surface area contributed by atoms with Gasteiger partial charge in [0.1, 0.15) is 5.76 Å². The van der Waals surface area contributed by atoms with Crippen LogP contribution >= 0.6 is 0 Å². The first-order valence-corrected chi connectivity index (χ1v) is 7.88. The molecule has 0 saturated carbocycles. The molecule has 0 aromatic carbocycles. The molecule has 2 fully saturated rings. The molecule has 2 saturated heterocycles. The molecule has 0 aliphatic carbocycles. The number of carbonyl (C=O) groups is 2. The summed E-state index contributed by atoms with van der Waals surface area (Å²) in [6.45, 7) is 4.82. The van der Waals surface area contributed by atoms with Crippen molar-refractivity contribution >= 4 is 11.8 Å². The Balaban J connectivity index is 1.58. The second-order valence-electron chi connectivity index (χ2n) is 5.94. The predicted molar refractivity (Wildman–Crippen MR) is 78.8 cm³/mol. The van der Waals surface area contributed by atoms with E-state index >= 15 is 0 Å². The summed E-state index contributed by atoms with van der Waals surface area (Å²) in [6, 6.07) is 3.65. The zero-order valence-electron chi connectivity index (χ0n) is 12.9. The summed E-state index contributed by atoms with van der Waals surface area (Å²) in [5, 5.41) is 0. The minimum atomic E-state index is -0.238. The van der Waals surface area contributed by atoms with Crippen LogP contribution in [0.25, 0.3) is 0 Å². The van der Waals surface area contributed by atoms with Crippen LogP contribution in [0.1, 0.15) is 25.5 Å². The van der Waals surface area contributed by atoms with Gasteiger partial charge in [-0.05, 0) is 18.6 Å². The van der Waals surface area contributed by atoms with Crippen LogP contribution in [0.15, 0.2) is 22.8 Å². The molecule has 1 aromatic heterocycles. The van der Waals surface area contributed by atoms with E-state index in [4.69, 9.17) is 9.15 Å². The Morgan fingerprint density at radius 2 is 2.27 bits per heavy atom. The van der Waals surface area contributed by atoms with Crippen LogP contribution in [0.4, 0.5) is 0 Å². The van der Waals surface area contributed by atoms with Crippen molar-refractivity contribution in [3.8, 4) is 0 Å². The SMILES string of the molecule is CC[C@@H]1CN(C(=O)[C@H]2CC(=O)N(Cc3ccco3)C2)CCO1. The highest BCUT2D eigenvalue weighted by molar-refractivity contribution is 5.89. The molecule has 0 N–H and O–H groups in total. The van der Waals surface area contributed by atoms with Gasteiger partial charge < -0.3 is 19.0 Å². The van der Waals surface area contributed by atoms with E-state index in [1.54, 1.807) is 17.2 Å². The van der Waals surface area contributed by atoms with Gasteiger partial charge in [0.2, 0.25) is 11.8 Å². The maximum Gasteiger partial charge on any atom is 0.228 e. The summed E-state index contributed by atoms with van der Waals surface area (Å²) in [5.41, 5.74) is 0. The molecule has 6 heteroatoms. The zero-order chi connectivity index (χ0) is 15.5. The number of carbonyl (C=O) groups excluding carboxylic acids is 2. The van der Waals surface area contributed by atoms with Crippen molar-refractivity contribution in [2.24, 2.45) is 5.92 Å². The first kappa shape index (κ1) is 15.1. The Kier molecular flexibility index (Phi) is 4.47. The van der Waals surface area contributed by atoms with Gasteiger partial charge in [-0.2, -0.15) is 0 Å². The fraction of sp³-hybridized carbons (Fsp3) is 0.625. The van der Waals surface area contributed by atoms with E-state index in [0.29, 0.717) is 39.2 Å². The van der Waals surface area contributed by atoms with Crippen molar-refractivity contribution < 1.29 is 18.7 Å². The lowest BCUT2D eigenvalue weighted by Crippen LogP contribution is -2.48. The second kappa shape index (κ2) is 6.52. The van der Waals surface area contributed by atoms with Crippen molar-refractivity contribution in [1.82, 2.24) is 9.80 Å². The number of hydrogen-bond acceptors (Lipinski definition) is 4. The molecule has 22 heavy (non-hydrogen) atoms. The Morgan fingerprint density at radius 3 is 3.00 bits per heavy atom. The minimum Gasteiger partial charge on any atom is -0.467 e. The molecule has 3 heterocycles. The number of rotatable bonds is 4. The quantitative estimate of drug-likeness (QED) is 0.840. The van der Waals surface area contributed by atoms with Gasteiger partial charge >= 0.3 is 0 Å². The van der Waals surface area contributed by atoms with Crippen LogP contribution in [0.3, 0.4) is 0 Å². The highest BCUT2D eigenvalue weighted by Gasteiger charge is 2.37. The van der Waals surface area contributed by atoms with E-state index in [1.165, 1.54) is 0 Å². The molecule has 2 atom stereocenters. The van der Waals surface area contributed by atoms with Crippen LogP contribution in [-0.4, -0.2) is 54.0 Å². The molecule has 2 aliphatic heterocycles. The van der Waals surface area contributed by atoms with Gasteiger partial charge in [0, 0.05) is 26.1 Å². The molecule has 6 nitrogen and oxygen atoms in total. The Morgan fingerprint density at radius 1 is 1.41 bits per heavy atom. The predicted octanol–water partition coefficient (Wildman–Crippen LogP) is 1.27. The number of hydrogen-bond donors (Lipinski definition) is 0. The monoisotopic (exact) mass is 306 g/mol. The smallest absolute Gasteiger partial charge is 0.228 e. The lowest BCUT2D eigenvalue weighted by atomic mass is 10.1. The van der Waals surface area contributed by atoms with Gasteiger partial charge in [-0.3, -0.25) is 9.59 Å². The second-order valence-corrected chi connectivity index (χ2v) is 5.94. The summed E-state index contributed by atoms with van der Waals surface area (Å²) < 4.78 is 10.9. The largest absolute Gasteiger partial charge is 0.467 e. The zero-order valence-corrected chi connectivity index (χ0v) is 12.9. The van der Waals surface area contributed by atoms with Gasteiger partial charge in [0.25, 0.3) is 0 Å². The molecular formula is C16H22N2O4. The van der Waals surface area contributed by atoms with E-state index in [1.807, 2.05) is 11.0 Å². The summed E-state index contributed by atoms with van der Waals surface area (Å²) >= 11 is 0. The highest BCUT2D eigenvalue weighted by Crippen LogP contribution is 2.23. The minimum absolute atomic E-state index is 0.0232. The molecule has 0 unspecified atom stereocenters. The van der Waals surface area contributed by atoms with Crippen molar-refractivity contribution in [2.45, 2.75) is 32.4 Å². The van der Waals surface area contributed by atoms with Gasteiger partial charge in [-0.15, -0.1) is 0 Å². The maximum absolute atomic E-state index is 12.6. The number of furan rings is 1. The third-order valence-electron chi connectivity index (χ3n) is 4.40. The first-order valence-electron chi connectivity index (χ1n) is 7.88. The van der Waals surface area contributed by atoms with Gasteiger partial charge in [0.15, 0.2) is 0 Å². The summed E-state index contributed by atoms with van der Waals surface area (Å²) in [6.07, 6.45) is 2.91. The van der Waals surface area contributed by atoms with E-state index in [-0.39, 0.29) is 23.8 Å². The number of nitrogens with zero attached hydrogens (tertiary/aromatic N) is 2. The first-order chi connectivity index (χ1) is 10.7. The molecule has 2 amide bonds. The summed E-state index contributed by atoms with van der Waals surface area (Å²) in [5.74, 6) is 0.615. The lowest BCUT2D eigenvalue weighted by Gasteiger charge is -2.34. The van der Waals surface area contributed by atoms with Crippen LogP contribution in [0.2, 0.25) is 0 Å². The van der Waals surface area contributed by atoms with Crippen molar-refractivity contribution in [1.29, 1.82) is 0 Å². The van der Waals surface area contributed by atoms with E-state index in [2.05, 4.69) is 6.92 Å². The average molecular weight is 306 g/mol. The van der Waals surface area contributed by atoms with Gasteiger partial charge in [-0.1, -0.05) is 6.92 Å². The van der Waals surface area contributed by atoms with Crippen LogP contribution in [-0.2, 0) is 20.9 Å². The van der Waals surface area contributed by atoms with Crippen LogP contribution < -0.4 is 0 Å². The topological polar surface area (TPSA) is 63.0 Å². The third kappa shape index (κ3) is 3.16. The van der Waals surface area contributed by atoms with E-state index in [0.717, 1.165) is 12.2 Å². The van der Waals surface area contributed by atoms with E-state index < -0.39 is 0 Å². The highest BCUT2D eigenvalue weighted by atomic mass is 16.5. The van der Waals surface area contributed by atoms with E-state index in [9.17, 15) is 9.59 Å². The summed E-state index contributed by atoms with van der Waals surface area (Å²) in [7, 11) is 0. The number of likely N-dealkylation sites (tertiary alicyclic amines) is 1. The fourth-order valence-corrected chi connectivity index (χ4v) is 3.11. The number of ether oxygens (including phenoxy) is 1. The van der Waals surface area contributed by atoms with Crippen molar-refractivity contribution in [3.63, 3.8) is 0 Å². The Labute approximate surface area is 130 Å². The van der Waals surface area contributed by atoms with Crippen LogP contribution in [0.5, 0.6) is 0 Å². The molecule has 2 aliphatic rings. The Bertz CT molecular complexity index is 528. The summed E-state index contributed by atoms with van der Waals surface area (Å²) in [4.78, 5) is 28.3. The van der Waals surface area contributed by atoms with Crippen molar-refractivity contribution in [3.05, 3.63) is 24.2 Å². The maximum atomic E-state index is 12.6. The Hall–Kier alpha value is -1.82. The third-order valence-corrected chi connectivity index (χ3v) is 4.40. The number of amides is 2. The molecule has 120 valence electrons. The van der Waals surface area contributed by atoms with Gasteiger partial charge in [-0.25, -0.2) is 0 Å². The normalized spacial score (nSPS) is 25.8. The lowest BCUT2D eigenvalue weighted by molar-refractivity contribution is -0.143. The molecular weight excluding hydrogens is 284 g/mol. The molecule has 0 radical (unpaired) electrons. The molecule has 1 aromatic rings. The number of morpholine rings is 1. The van der Waals surface area contributed by atoms with Gasteiger partial charge in [0.05, 0.1) is 31.4 Å². The van der Waals surface area contributed by atoms with Crippen molar-refractivity contribution in [2.75, 3.05) is 26.2 Å².